The maximum Gasteiger partial charge on any atom is 0.271 e. The van der Waals surface area contributed by atoms with Crippen LogP contribution in [0.3, 0.4) is 0 Å². The normalized spacial score (nSPS) is 10.1. The van der Waals surface area contributed by atoms with Crippen molar-refractivity contribution in [1.29, 1.82) is 0 Å². The van der Waals surface area contributed by atoms with Gasteiger partial charge in [-0.2, -0.15) is 0 Å². The number of amides is 1. The molecule has 0 spiro atoms. The molecule has 9 heteroatoms. The zero-order chi connectivity index (χ0) is 18.6. The molecule has 0 unspecified atom stereocenters. The zero-order valence-electron chi connectivity index (χ0n) is 13.7. The number of nitro groups is 1. The lowest BCUT2D eigenvalue weighted by molar-refractivity contribution is -0.384. The maximum absolute atomic E-state index is 13.8. The van der Waals surface area contributed by atoms with Crippen LogP contribution in [0.1, 0.15) is 10.4 Å². The lowest BCUT2D eigenvalue weighted by Gasteiger charge is -2.14. The molecule has 0 aliphatic rings. The first-order valence-corrected chi connectivity index (χ1v) is 6.96. The quantitative estimate of drug-likeness (QED) is 0.635. The van der Waals surface area contributed by atoms with E-state index in [0.717, 1.165) is 18.2 Å². The van der Waals surface area contributed by atoms with Crippen LogP contribution in [-0.2, 0) is 0 Å². The lowest BCUT2D eigenvalue weighted by Crippen LogP contribution is -2.14. The number of rotatable bonds is 6. The summed E-state index contributed by atoms with van der Waals surface area (Å²) >= 11 is 0. The van der Waals surface area contributed by atoms with E-state index in [1.54, 1.807) is 0 Å². The molecule has 8 nitrogen and oxygen atoms in total. The molecule has 0 radical (unpaired) electrons. The topological polar surface area (TPSA) is 99.9 Å². The van der Waals surface area contributed by atoms with Crippen molar-refractivity contribution in [3.05, 3.63) is 51.8 Å². The van der Waals surface area contributed by atoms with Crippen molar-refractivity contribution in [2.75, 3.05) is 26.6 Å². The van der Waals surface area contributed by atoms with Crippen molar-refractivity contribution in [3.8, 4) is 17.2 Å². The molecule has 132 valence electrons. The molecule has 0 atom stereocenters. The summed E-state index contributed by atoms with van der Waals surface area (Å²) in [6, 6.07) is 5.61. The van der Waals surface area contributed by atoms with Crippen molar-refractivity contribution in [2.45, 2.75) is 0 Å². The van der Waals surface area contributed by atoms with Gasteiger partial charge < -0.3 is 19.5 Å². The third-order valence-electron chi connectivity index (χ3n) is 3.34. The first-order chi connectivity index (χ1) is 11.9. The van der Waals surface area contributed by atoms with E-state index in [2.05, 4.69) is 5.32 Å². The number of non-ortho nitro benzene ring substituents is 1. The smallest absolute Gasteiger partial charge is 0.271 e. The van der Waals surface area contributed by atoms with Gasteiger partial charge in [-0.05, 0) is 18.2 Å². The number of nitro benzene ring substituents is 1. The highest BCUT2D eigenvalue weighted by molar-refractivity contribution is 6.05. The van der Waals surface area contributed by atoms with Gasteiger partial charge in [-0.15, -0.1) is 0 Å². The second-order valence-electron chi connectivity index (χ2n) is 4.79. The van der Waals surface area contributed by atoms with Crippen molar-refractivity contribution in [1.82, 2.24) is 0 Å². The Labute approximate surface area is 142 Å². The Bertz CT molecular complexity index is 799. The Balaban J connectivity index is 2.39. The summed E-state index contributed by atoms with van der Waals surface area (Å²) < 4.78 is 29.3. The molecule has 2 aromatic carbocycles. The number of ether oxygens (including phenoxy) is 3. The fourth-order valence-electron chi connectivity index (χ4n) is 2.13. The van der Waals surface area contributed by atoms with Gasteiger partial charge in [-0.1, -0.05) is 0 Å². The Morgan fingerprint density at radius 2 is 1.68 bits per heavy atom. The summed E-state index contributed by atoms with van der Waals surface area (Å²) in [6.45, 7) is 0. The molecular formula is C16H15FN2O6. The van der Waals surface area contributed by atoms with Crippen molar-refractivity contribution in [2.24, 2.45) is 0 Å². The molecule has 0 aliphatic carbocycles. The summed E-state index contributed by atoms with van der Waals surface area (Å²) in [6.07, 6.45) is 0. The third kappa shape index (κ3) is 3.77. The summed E-state index contributed by atoms with van der Waals surface area (Å²) in [7, 11) is 4.19. The Morgan fingerprint density at radius 3 is 2.16 bits per heavy atom. The molecule has 25 heavy (non-hydrogen) atoms. The van der Waals surface area contributed by atoms with E-state index in [0.29, 0.717) is 5.75 Å². The van der Waals surface area contributed by atoms with Gasteiger partial charge in [0, 0.05) is 17.7 Å². The molecule has 0 saturated carbocycles. The van der Waals surface area contributed by atoms with Crippen LogP contribution < -0.4 is 19.5 Å². The minimum absolute atomic E-state index is 0.0976. The summed E-state index contributed by atoms with van der Waals surface area (Å²) in [5.74, 6) is -0.717. The molecule has 0 aromatic heterocycles. The molecule has 1 N–H and O–H groups in total. The van der Waals surface area contributed by atoms with Gasteiger partial charge in [0.15, 0.2) is 11.5 Å². The van der Waals surface area contributed by atoms with Crippen LogP contribution in [0.15, 0.2) is 30.3 Å². The Hall–Kier alpha value is -3.36. The van der Waals surface area contributed by atoms with Gasteiger partial charge in [0.05, 0.1) is 31.9 Å². The van der Waals surface area contributed by atoms with Crippen molar-refractivity contribution < 1.29 is 28.3 Å². The van der Waals surface area contributed by atoms with Gasteiger partial charge in [0.2, 0.25) is 5.75 Å². The number of carbonyl (C=O) groups excluding carboxylic acids is 1. The van der Waals surface area contributed by atoms with Crippen LogP contribution in [0.2, 0.25) is 0 Å². The van der Waals surface area contributed by atoms with E-state index in [1.165, 1.54) is 33.5 Å². The van der Waals surface area contributed by atoms with Crippen molar-refractivity contribution in [3.63, 3.8) is 0 Å². The maximum atomic E-state index is 13.8. The van der Waals surface area contributed by atoms with Gasteiger partial charge in [-0.25, -0.2) is 4.39 Å². The van der Waals surface area contributed by atoms with Crippen LogP contribution in [-0.4, -0.2) is 32.2 Å². The number of anilines is 1. The predicted octanol–water partition coefficient (Wildman–Crippen LogP) is 3.01. The van der Waals surface area contributed by atoms with E-state index >= 15 is 0 Å². The first-order valence-electron chi connectivity index (χ1n) is 6.96. The number of halogens is 1. The van der Waals surface area contributed by atoms with Gasteiger partial charge >= 0.3 is 0 Å². The SMILES string of the molecule is COc1cc(C(=O)Nc2cc([N+](=O)[O-])ccc2F)cc(OC)c1OC. The van der Waals surface area contributed by atoms with Crippen molar-refractivity contribution >= 4 is 17.3 Å². The minimum Gasteiger partial charge on any atom is -0.493 e. The molecule has 0 saturated heterocycles. The average Bonchev–Trinajstić information content (AvgIpc) is 2.61. The molecule has 2 aromatic rings. The van der Waals surface area contributed by atoms with E-state index in [-0.39, 0.29) is 28.4 Å². The Kier molecular flexibility index (Phi) is 5.38. The number of hydrogen-bond donors (Lipinski definition) is 1. The van der Waals surface area contributed by atoms with Gasteiger partial charge in [0.25, 0.3) is 11.6 Å². The third-order valence-corrected chi connectivity index (χ3v) is 3.34. The van der Waals surface area contributed by atoms with Crippen LogP contribution in [0.4, 0.5) is 15.8 Å². The fraction of sp³-hybridized carbons (Fsp3) is 0.188. The highest BCUT2D eigenvalue weighted by Gasteiger charge is 2.19. The van der Waals surface area contributed by atoms with E-state index in [4.69, 9.17) is 14.2 Å². The number of nitrogens with one attached hydrogen (secondary N) is 1. The summed E-state index contributed by atoms with van der Waals surface area (Å²) in [5, 5.41) is 13.1. The van der Waals surface area contributed by atoms with E-state index < -0.39 is 16.6 Å². The molecule has 0 heterocycles. The number of benzene rings is 2. The molecule has 2 rings (SSSR count). The summed E-state index contributed by atoms with van der Waals surface area (Å²) in [4.78, 5) is 22.5. The standard InChI is InChI=1S/C16H15FN2O6/c1-23-13-6-9(7-14(24-2)15(13)25-3)16(20)18-12-8-10(19(21)22)4-5-11(12)17/h4-8H,1-3H3,(H,18,20). The predicted molar refractivity (Wildman–Crippen MR) is 87.1 cm³/mol. The van der Waals surface area contributed by atoms with Gasteiger partial charge in [-0.3, -0.25) is 14.9 Å². The molecular weight excluding hydrogens is 335 g/mol. The monoisotopic (exact) mass is 350 g/mol. The molecule has 0 fully saturated rings. The second kappa shape index (κ2) is 7.47. The number of nitrogens with zero attached hydrogens (tertiary/aromatic N) is 1. The number of hydrogen-bond acceptors (Lipinski definition) is 6. The van der Waals surface area contributed by atoms with E-state index in [9.17, 15) is 19.3 Å². The average molecular weight is 350 g/mol. The number of carbonyl (C=O) groups is 1. The number of methoxy groups -OCH3 is 3. The van der Waals surface area contributed by atoms with E-state index in [1.807, 2.05) is 0 Å². The molecule has 1 amide bonds. The zero-order valence-corrected chi connectivity index (χ0v) is 13.7. The first kappa shape index (κ1) is 18.0. The van der Waals surface area contributed by atoms with Crippen LogP contribution in [0.25, 0.3) is 0 Å². The van der Waals surface area contributed by atoms with Crippen LogP contribution in [0.5, 0.6) is 17.2 Å². The highest BCUT2D eigenvalue weighted by Crippen LogP contribution is 2.38. The van der Waals surface area contributed by atoms with Gasteiger partial charge in [0.1, 0.15) is 5.82 Å². The highest BCUT2D eigenvalue weighted by atomic mass is 19.1. The summed E-state index contributed by atoms with van der Waals surface area (Å²) in [5.41, 5.74) is -0.560. The lowest BCUT2D eigenvalue weighted by atomic mass is 10.1. The Morgan fingerprint density at radius 1 is 1.08 bits per heavy atom. The molecule has 0 bridgehead atoms. The minimum atomic E-state index is -0.800. The molecule has 0 aliphatic heterocycles. The van der Waals surface area contributed by atoms with Crippen LogP contribution >= 0.6 is 0 Å². The fourth-order valence-corrected chi connectivity index (χ4v) is 2.13. The van der Waals surface area contributed by atoms with Crippen LogP contribution in [0, 0.1) is 15.9 Å². The largest absolute Gasteiger partial charge is 0.493 e. The second-order valence-corrected chi connectivity index (χ2v) is 4.79.